The van der Waals surface area contributed by atoms with E-state index in [0.717, 1.165) is 0 Å². The Kier molecular flexibility index (Phi) is 3.59. The van der Waals surface area contributed by atoms with Gasteiger partial charge in [0.05, 0.1) is 24.0 Å². The van der Waals surface area contributed by atoms with Crippen LogP contribution < -0.4 is 4.90 Å². The van der Waals surface area contributed by atoms with Gasteiger partial charge in [-0.2, -0.15) is 0 Å². The van der Waals surface area contributed by atoms with E-state index in [1.807, 2.05) is 18.7 Å². The van der Waals surface area contributed by atoms with Crippen LogP contribution >= 0.6 is 0 Å². The molecule has 1 aromatic rings. The van der Waals surface area contributed by atoms with E-state index in [2.05, 4.69) is 0 Å². The molecule has 2 rings (SSSR count). The van der Waals surface area contributed by atoms with Gasteiger partial charge in [-0.05, 0) is 38.5 Å². The molecule has 1 fully saturated rings. The molecular formula is C14H20FNO2. The first-order chi connectivity index (χ1) is 8.39. The monoisotopic (exact) mass is 253 g/mol. The van der Waals surface area contributed by atoms with E-state index in [4.69, 9.17) is 4.74 Å². The molecular weight excluding hydrogens is 233 g/mol. The summed E-state index contributed by atoms with van der Waals surface area (Å²) in [6, 6.07) is 4.91. The van der Waals surface area contributed by atoms with E-state index in [1.54, 1.807) is 19.1 Å². The Morgan fingerprint density at radius 2 is 2.17 bits per heavy atom. The number of hydrogen-bond donors (Lipinski definition) is 1. The van der Waals surface area contributed by atoms with Crippen molar-refractivity contribution >= 4 is 5.69 Å². The van der Waals surface area contributed by atoms with Crippen molar-refractivity contribution in [3.05, 3.63) is 29.6 Å². The molecule has 1 aromatic carbocycles. The molecule has 0 unspecified atom stereocenters. The highest BCUT2D eigenvalue weighted by Crippen LogP contribution is 2.27. The molecule has 0 radical (unpaired) electrons. The lowest BCUT2D eigenvalue weighted by atomic mass is 10.1. The molecule has 0 saturated carbocycles. The first-order valence-corrected chi connectivity index (χ1v) is 6.25. The van der Waals surface area contributed by atoms with Gasteiger partial charge >= 0.3 is 0 Å². The maximum atomic E-state index is 14.1. The van der Waals surface area contributed by atoms with Gasteiger partial charge in [0.25, 0.3) is 0 Å². The van der Waals surface area contributed by atoms with Crippen LogP contribution in [0.5, 0.6) is 0 Å². The van der Waals surface area contributed by atoms with Crippen molar-refractivity contribution < 1.29 is 14.2 Å². The number of aliphatic hydroxyl groups excluding tert-OH is 1. The molecule has 1 atom stereocenters. The summed E-state index contributed by atoms with van der Waals surface area (Å²) in [5.41, 5.74) is 0.924. The molecule has 1 aliphatic rings. The normalized spacial score (nSPS) is 20.8. The number of halogens is 1. The first kappa shape index (κ1) is 13.3. The molecule has 3 nitrogen and oxygen atoms in total. The van der Waals surface area contributed by atoms with Crippen LogP contribution in [0.2, 0.25) is 0 Å². The molecule has 0 spiro atoms. The second-order valence-corrected chi connectivity index (χ2v) is 5.42. The number of hydrogen-bond acceptors (Lipinski definition) is 3. The minimum absolute atomic E-state index is 0.256. The van der Waals surface area contributed by atoms with E-state index >= 15 is 0 Å². The fourth-order valence-electron chi connectivity index (χ4n) is 2.26. The highest BCUT2D eigenvalue weighted by Gasteiger charge is 2.28. The Balaban J connectivity index is 2.23. The van der Waals surface area contributed by atoms with E-state index < -0.39 is 6.10 Å². The highest BCUT2D eigenvalue weighted by atomic mass is 19.1. The zero-order chi connectivity index (χ0) is 13.3. The summed E-state index contributed by atoms with van der Waals surface area (Å²) in [5, 5.41) is 9.43. The van der Waals surface area contributed by atoms with Crippen molar-refractivity contribution in [2.24, 2.45) is 0 Å². The Morgan fingerprint density at radius 3 is 2.72 bits per heavy atom. The molecule has 100 valence electrons. The summed E-state index contributed by atoms with van der Waals surface area (Å²) in [5.74, 6) is -0.286. The second-order valence-electron chi connectivity index (χ2n) is 5.42. The molecule has 1 heterocycles. The van der Waals surface area contributed by atoms with Crippen LogP contribution in [0.1, 0.15) is 32.4 Å². The van der Waals surface area contributed by atoms with Gasteiger partial charge in [-0.1, -0.05) is 6.07 Å². The number of nitrogens with zero attached hydrogens (tertiary/aromatic N) is 1. The fraction of sp³-hybridized carbons (Fsp3) is 0.571. The van der Waals surface area contributed by atoms with Crippen LogP contribution in [0.15, 0.2) is 18.2 Å². The van der Waals surface area contributed by atoms with Crippen molar-refractivity contribution in [2.45, 2.75) is 32.5 Å². The first-order valence-electron chi connectivity index (χ1n) is 6.25. The molecule has 1 aliphatic heterocycles. The molecule has 1 saturated heterocycles. The van der Waals surface area contributed by atoms with Gasteiger partial charge in [0.2, 0.25) is 0 Å². The minimum Gasteiger partial charge on any atom is -0.389 e. The highest BCUT2D eigenvalue weighted by molar-refractivity contribution is 5.50. The lowest BCUT2D eigenvalue weighted by Crippen LogP contribution is -2.48. The van der Waals surface area contributed by atoms with Crippen molar-refractivity contribution in [3.8, 4) is 0 Å². The standard InChI is InChI=1S/C14H20FNO2/c1-10(17)11-4-5-13(12(15)8-11)16-6-7-18-14(2,3)9-16/h4-5,8,10,17H,6-7,9H2,1-3H3/t10-/m1/s1. The number of anilines is 1. The molecule has 18 heavy (non-hydrogen) atoms. The SMILES string of the molecule is C[C@@H](O)c1ccc(N2CCOC(C)(C)C2)c(F)c1. The summed E-state index contributed by atoms with van der Waals surface area (Å²) in [4.78, 5) is 1.99. The fourth-order valence-corrected chi connectivity index (χ4v) is 2.26. The van der Waals surface area contributed by atoms with Gasteiger partial charge in [0.15, 0.2) is 0 Å². The van der Waals surface area contributed by atoms with Gasteiger partial charge in [0.1, 0.15) is 5.82 Å². The van der Waals surface area contributed by atoms with Crippen LogP contribution in [0.4, 0.5) is 10.1 Å². The molecule has 0 bridgehead atoms. The van der Waals surface area contributed by atoms with E-state index in [-0.39, 0.29) is 11.4 Å². The topological polar surface area (TPSA) is 32.7 Å². The summed E-state index contributed by atoms with van der Waals surface area (Å²) < 4.78 is 19.7. The number of ether oxygens (including phenoxy) is 1. The average molecular weight is 253 g/mol. The average Bonchev–Trinajstić information content (AvgIpc) is 2.27. The van der Waals surface area contributed by atoms with Crippen molar-refractivity contribution in [1.82, 2.24) is 0 Å². The molecule has 4 heteroatoms. The second kappa shape index (κ2) is 4.86. The third-order valence-corrected chi connectivity index (χ3v) is 3.22. The van der Waals surface area contributed by atoms with Crippen LogP contribution in [0.25, 0.3) is 0 Å². The number of morpholine rings is 1. The molecule has 0 aromatic heterocycles. The van der Waals surface area contributed by atoms with Gasteiger partial charge in [-0.3, -0.25) is 0 Å². The Labute approximate surface area is 107 Å². The van der Waals surface area contributed by atoms with E-state index in [1.165, 1.54) is 6.07 Å². The summed E-state index contributed by atoms with van der Waals surface area (Å²) in [6.45, 7) is 7.59. The number of aliphatic hydroxyl groups is 1. The van der Waals surface area contributed by atoms with Crippen molar-refractivity contribution in [3.63, 3.8) is 0 Å². The molecule has 1 N–H and O–H groups in total. The lowest BCUT2D eigenvalue weighted by Gasteiger charge is -2.39. The van der Waals surface area contributed by atoms with E-state index in [0.29, 0.717) is 30.9 Å². The molecule has 0 aliphatic carbocycles. The van der Waals surface area contributed by atoms with Crippen LogP contribution in [-0.2, 0) is 4.74 Å². The van der Waals surface area contributed by atoms with Crippen molar-refractivity contribution in [1.29, 1.82) is 0 Å². The molecule has 0 amide bonds. The van der Waals surface area contributed by atoms with Gasteiger partial charge in [-0.15, -0.1) is 0 Å². The zero-order valence-corrected chi connectivity index (χ0v) is 11.1. The van der Waals surface area contributed by atoms with E-state index in [9.17, 15) is 9.50 Å². The van der Waals surface area contributed by atoms with Gasteiger partial charge in [0, 0.05) is 13.1 Å². The summed E-state index contributed by atoms with van der Waals surface area (Å²) in [7, 11) is 0. The predicted octanol–water partition coefficient (Wildman–Crippen LogP) is 2.49. The predicted molar refractivity (Wildman–Crippen MR) is 69.3 cm³/mol. The summed E-state index contributed by atoms with van der Waals surface area (Å²) >= 11 is 0. The Hall–Kier alpha value is -1.13. The maximum absolute atomic E-state index is 14.1. The minimum atomic E-state index is -0.644. The third kappa shape index (κ3) is 2.82. The third-order valence-electron chi connectivity index (χ3n) is 3.22. The van der Waals surface area contributed by atoms with Crippen LogP contribution in [0.3, 0.4) is 0 Å². The Morgan fingerprint density at radius 1 is 1.44 bits per heavy atom. The van der Waals surface area contributed by atoms with Crippen molar-refractivity contribution in [2.75, 3.05) is 24.6 Å². The summed E-state index contributed by atoms with van der Waals surface area (Å²) in [6.07, 6.45) is -0.644. The maximum Gasteiger partial charge on any atom is 0.146 e. The zero-order valence-electron chi connectivity index (χ0n) is 11.1. The number of rotatable bonds is 2. The van der Waals surface area contributed by atoms with Gasteiger partial charge in [-0.25, -0.2) is 4.39 Å². The quantitative estimate of drug-likeness (QED) is 0.879. The van der Waals surface area contributed by atoms with Crippen LogP contribution in [-0.4, -0.2) is 30.4 Å². The smallest absolute Gasteiger partial charge is 0.146 e. The Bertz CT molecular complexity index is 432. The van der Waals surface area contributed by atoms with Gasteiger partial charge < -0.3 is 14.7 Å². The lowest BCUT2D eigenvalue weighted by molar-refractivity contribution is -0.0278. The number of benzene rings is 1. The van der Waals surface area contributed by atoms with Crippen LogP contribution in [0, 0.1) is 5.82 Å². The largest absolute Gasteiger partial charge is 0.389 e.